The Morgan fingerprint density at radius 2 is 1.89 bits per heavy atom. The Hall–Kier alpha value is -1.20. The number of carbonyl (C=O) groups excluding carboxylic acids is 1. The summed E-state index contributed by atoms with van der Waals surface area (Å²) >= 11 is 1.55. The van der Waals surface area contributed by atoms with Gasteiger partial charge in [0.05, 0.1) is 5.75 Å². The number of hydrogen-bond donors (Lipinski definition) is 2. The molecule has 5 heteroatoms. The molecule has 3 N–H and O–H groups in total. The van der Waals surface area contributed by atoms with E-state index in [0.29, 0.717) is 12.3 Å². The van der Waals surface area contributed by atoms with E-state index in [1.165, 1.54) is 5.69 Å². The van der Waals surface area contributed by atoms with E-state index in [0.717, 1.165) is 24.5 Å². The fourth-order valence-electron chi connectivity index (χ4n) is 1.79. The van der Waals surface area contributed by atoms with Crippen LogP contribution in [0, 0.1) is 0 Å². The molecule has 4 nitrogen and oxygen atoms in total. The van der Waals surface area contributed by atoms with Gasteiger partial charge >= 0.3 is 0 Å². The molecule has 0 saturated carbocycles. The minimum absolute atomic E-state index is 0.0223. The Bertz CT molecular complexity index is 377. The van der Waals surface area contributed by atoms with Gasteiger partial charge in [0.2, 0.25) is 5.91 Å². The molecule has 19 heavy (non-hydrogen) atoms. The van der Waals surface area contributed by atoms with Gasteiger partial charge in [-0.1, -0.05) is 0 Å². The zero-order valence-electron chi connectivity index (χ0n) is 11.7. The summed E-state index contributed by atoms with van der Waals surface area (Å²) in [5.41, 5.74) is 7.40. The standard InChI is InChI=1S/C14H23N3OS/c1-3-17(4-2)13-7-5-12(6-8-13)16-14(18)11-19-10-9-15/h5-8H,3-4,9-11,15H2,1-2H3,(H,16,18). The van der Waals surface area contributed by atoms with E-state index in [1.807, 2.05) is 24.3 Å². The number of anilines is 2. The molecule has 0 aliphatic rings. The topological polar surface area (TPSA) is 58.4 Å². The second-order valence-electron chi connectivity index (χ2n) is 4.11. The molecular weight excluding hydrogens is 258 g/mol. The molecule has 0 aliphatic heterocycles. The third kappa shape index (κ3) is 5.53. The van der Waals surface area contributed by atoms with Crippen molar-refractivity contribution in [1.29, 1.82) is 0 Å². The second-order valence-corrected chi connectivity index (χ2v) is 5.21. The number of nitrogens with zero attached hydrogens (tertiary/aromatic N) is 1. The van der Waals surface area contributed by atoms with Crippen LogP contribution in [-0.4, -0.2) is 37.0 Å². The molecule has 106 valence electrons. The molecule has 0 aliphatic carbocycles. The van der Waals surface area contributed by atoms with Crippen LogP contribution in [0.5, 0.6) is 0 Å². The smallest absolute Gasteiger partial charge is 0.234 e. The molecule has 1 aromatic rings. The predicted octanol–water partition coefficient (Wildman–Crippen LogP) is 2.16. The van der Waals surface area contributed by atoms with Crippen molar-refractivity contribution in [2.24, 2.45) is 5.73 Å². The van der Waals surface area contributed by atoms with Crippen LogP contribution >= 0.6 is 11.8 Å². The van der Waals surface area contributed by atoms with E-state index in [1.54, 1.807) is 11.8 Å². The Labute approximate surface area is 119 Å². The molecule has 0 radical (unpaired) electrons. The minimum Gasteiger partial charge on any atom is -0.372 e. The maximum Gasteiger partial charge on any atom is 0.234 e. The summed E-state index contributed by atoms with van der Waals surface area (Å²) in [6.45, 7) is 6.84. The van der Waals surface area contributed by atoms with Crippen molar-refractivity contribution in [2.75, 3.05) is 41.4 Å². The van der Waals surface area contributed by atoms with Crippen LogP contribution in [0.4, 0.5) is 11.4 Å². The monoisotopic (exact) mass is 281 g/mol. The maximum absolute atomic E-state index is 11.6. The Balaban J connectivity index is 2.50. The molecule has 1 aromatic carbocycles. The lowest BCUT2D eigenvalue weighted by molar-refractivity contribution is -0.113. The van der Waals surface area contributed by atoms with Gasteiger partial charge in [0, 0.05) is 36.8 Å². The summed E-state index contributed by atoms with van der Waals surface area (Å²) < 4.78 is 0. The largest absolute Gasteiger partial charge is 0.372 e. The van der Waals surface area contributed by atoms with Gasteiger partial charge < -0.3 is 16.0 Å². The fraction of sp³-hybridized carbons (Fsp3) is 0.500. The van der Waals surface area contributed by atoms with E-state index >= 15 is 0 Å². The molecule has 0 spiro atoms. The summed E-state index contributed by atoms with van der Waals surface area (Å²) in [5, 5.41) is 2.88. The van der Waals surface area contributed by atoms with Gasteiger partial charge in [-0.25, -0.2) is 0 Å². The number of carbonyl (C=O) groups is 1. The van der Waals surface area contributed by atoms with Gasteiger partial charge in [-0.05, 0) is 38.1 Å². The summed E-state index contributed by atoms with van der Waals surface area (Å²) in [4.78, 5) is 13.9. The van der Waals surface area contributed by atoms with Crippen LogP contribution in [0.15, 0.2) is 24.3 Å². The first-order chi connectivity index (χ1) is 9.21. The quantitative estimate of drug-likeness (QED) is 0.717. The zero-order chi connectivity index (χ0) is 14.1. The molecule has 0 heterocycles. The Morgan fingerprint density at radius 3 is 2.42 bits per heavy atom. The molecule has 1 amide bonds. The number of hydrogen-bond acceptors (Lipinski definition) is 4. The van der Waals surface area contributed by atoms with Crippen molar-refractivity contribution in [3.8, 4) is 0 Å². The number of amides is 1. The summed E-state index contributed by atoms with van der Waals surface area (Å²) in [7, 11) is 0. The number of nitrogens with one attached hydrogen (secondary N) is 1. The zero-order valence-corrected chi connectivity index (χ0v) is 12.5. The lowest BCUT2D eigenvalue weighted by atomic mass is 10.2. The van der Waals surface area contributed by atoms with Gasteiger partial charge in [-0.2, -0.15) is 11.8 Å². The van der Waals surface area contributed by atoms with Crippen LogP contribution in [0.2, 0.25) is 0 Å². The van der Waals surface area contributed by atoms with Crippen LogP contribution in [0.25, 0.3) is 0 Å². The highest BCUT2D eigenvalue weighted by atomic mass is 32.2. The SMILES string of the molecule is CCN(CC)c1ccc(NC(=O)CSCCN)cc1. The van der Waals surface area contributed by atoms with Gasteiger partial charge in [0.25, 0.3) is 0 Å². The summed E-state index contributed by atoms with van der Waals surface area (Å²) in [6.07, 6.45) is 0. The average molecular weight is 281 g/mol. The lowest BCUT2D eigenvalue weighted by Crippen LogP contribution is -2.21. The first-order valence-electron chi connectivity index (χ1n) is 6.63. The molecular formula is C14H23N3OS. The van der Waals surface area contributed by atoms with Gasteiger partial charge in [0.15, 0.2) is 0 Å². The Kier molecular flexibility index (Phi) is 7.36. The molecule has 1 rings (SSSR count). The van der Waals surface area contributed by atoms with Crippen molar-refractivity contribution in [3.63, 3.8) is 0 Å². The van der Waals surface area contributed by atoms with Crippen LogP contribution in [-0.2, 0) is 4.79 Å². The second kappa shape index (κ2) is 8.82. The number of rotatable bonds is 8. The van der Waals surface area contributed by atoms with E-state index in [-0.39, 0.29) is 5.91 Å². The molecule has 0 fully saturated rings. The van der Waals surface area contributed by atoms with E-state index in [2.05, 4.69) is 24.1 Å². The number of benzene rings is 1. The fourth-order valence-corrected chi connectivity index (χ4v) is 2.36. The third-order valence-electron chi connectivity index (χ3n) is 2.77. The van der Waals surface area contributed by atoms with E-state index in [4.69, 9.17) is 5.73 Å². The van der Waals surface area contributed by atoms with Crippen molar-refractivity contribution >= 4 is 29.0 Å². The highest BCUT2D eigenvalue weighted by molar-refractivity contribution is 7.99. The van der Waals surface area contributed by atoms with Crippen molar-refractivity contribution in [3.05, 3.63) is 24.3 Å². The highest BCUT2D eigenvalue weighted by Gasteiger charge is 2.04. The van der Waals surface area contributed by atoms with Gasteiger partial charge in [-0.3, -0.25) is 4.79 Å². The average Bonchev–Trinajstić information content (AvgIpc) is 2.42. The van der Waals surface area contributed by atoms with E-state index < -0.39 is 0 Å². The number of thioether (sulfide) groups is 1. The first kappa shape index (κ1) is 15.9. The molecule has 0 saturated heterocycles. The molecule has 0 bridgehead atoms. The lowest BCUT2D eigenvalue weighted by Gasteiger charge is -2.21. The summed E-state index contributed by atoms with van der Waals surface area (Å²) in [5.74, 6) is 1.29. The molecule has 0 atom stereocenters. The molecule has 0 unspecified atom stereocenters. The first-order valence-corrected chi connectivity index (χ1v) is 7.79. The predicted molar refractivity (Wildman–Crippen MR) is 85.0 cm³/mol. The molecule has 0 aromatic heterocycles. The van der Waals surface area contributed by atoms with Crippen LogP contribution in [0.3, 0.4) is 0 Å². The van der Waals surface area contributed by atoms with Crippen molar-refractivity contribution in [2.45, 2.75) is 13.8 Å². The summed E-state index contributed by atoms with van der Waals surface area (Å²) in [6, 6.07) is 7.96. The van der Waals surface area contributed by atoms with Crippen LogP contribution < -0.4 is 16.0 Å². The third-order valence-corrected chi connectivity index (χ3v) is 3.77. The van der Waals surface area contributed by atoms with Crippen LogP contribution in [0.1, 0.15) is 13.8 Å². The van der Waals surface area contributed by atoms with E-state index in [9.17, 15) is 4.79 Å². The number of nitrogens with two attached hydrogens (primary N) is 1. The maximum atomic E-state index is 11.6. The van der Waals surface area contributed by atoms with Crippen molar-refractivity contribution < 1.29 is 4.79 Å². The normalized spacial score (nSPS) is 10.3. The highest BCUT2D eigenvalue weighted by Crippen LogP contribution is 2.17. The minimum atomic E-state index is 0.0223. The Morgan fingerprint density at radius 1 is 1.26 bits per heavy atom. The van der Waals surface area contributed by atoms with Crippen molar-refractivity contribution in [1.82, 2.24) is 0 Å². The van der Waals surface area contributed by atoms with Gasteiger partial charge in [-0.15, -0.1) is 0 Å². The van der Waals surface area contributed by atoms with Gasteiger partial charge in [0.1, 0.15) is 0 Å².